The van der Waals surface area contributed by atoms with Gasteiger partial charge in [-0.2, -0.15) is 0 Å². The van der Waals surface area contributed by atoms with E-state index < -0.39 is 0 Å². The zero-order chi connectivity index (χ0) is 14.2. The molecule has 1 fully saturated rings. The first-order valence-electron chi connectivity index (χ1n) is 7.55. The van der Waals surface area contributed by atoms with Crippen molar-refractivity contribution < 1.29 is 4.39 Å². The highest BCUT2D eigenvalue weighted by atomic mass is 127. The van der Waals surface area contributed by atoms with Gasteiger partial charge >= 0.3 is 0 Å². The van der Waals surface area contributed by atoms with Crippen LogP contribution in [0.2, 0.25) is 0 Å². The normalized spacial score (nSPS) is 16.9. The first kappa shape index (κ1) is 18.2. The number of aliphatic imine (C=N–C) groups is 1. The molecule has 0 spiro atoms. The van der Waals surface area contributed by atoms with Gasteiger partial charge in [-0.15, -0.1) is 24.0 Å². The Morgan fingerprint density at radius 2 is 1.95 bits per heavy atom. The summed E-state index contributed by atoms with van der Waals surface area (Å²) in [6, 6.07) is 7.10. The molecule has 0 bridgehead atoms. The molecule has 0 radical (unpaired) electrons. The summed E-state index contributed by atoms with van der Waals surface area (Å²) in [5.74, 6) is 0.323. The molecule has 0 aliphatic heterocycles. The van der Waals surface area contributed by atoms with Gasteiger partial charge in [0.2, 0.25) is 0 Å². The Balaban J connectivity index is 0.00000220. The minimum absolute atomic E-state index is 0. The molecule has 0 aromatic heterocycles. The second-order valence-corrected chi connectivity index (χ2v) is 5.48. The van der Waals surface area contributed by atoms with E-state index in [2.05, 4.69) is 10.3 Å². The van der Waals surface area contributed by atoms with Crippen molar-refractivity contribution >= 4 is 29.9 Å². The van der Waals surface area contributed by atoms with E-state index in [9.17, 15) is 4.39 Å². The van der Waals surface area contributed by atoms with E-state index in [0.29, 0.717) is 25.0 Å². The van der Waals surface area contributed by atoms with Crippen molar-refractivity contribution in [2.24, 2.45) is 10.7 Å². The topological polar surface area (TPSA) is 50.4 Å². The number of rotatable bonds is 4. The van der Waals surface area contributed by atoms with Gasteiger partial charge in [0.1, 0.15) is 5.82 Å². The van der Waals surface area contributed by atoms with Gasteiger partial charge in [0.15, 0.2) is 5.96 Å². The maximum absolute atomic E-state index is 13.0. The average Bonchev–Trinajstić information content (AvgIpc) is 2.67. The van der Waals surface area contributed by atoms with Crippen LogP contribution in [0.1, 0.15) is 44.1 Å². The van der Waals surface area contributed by atoms with Crippen LogP contribution < -0.4 is 11.1 Å². The maximum Gasteiger partial charge on any atom is 0.188 e. The summed E-state index contributed by atoms with van der Waals surface area (Å²) in [6.45, 7) is 0.592. The fourth-order valence-electron chi connectivity index (χ4n) is 2.68. The fraction of sp³-hybridized carbons (Fsp3) is 0.562. The van der Waals surface area contributed by atoms with E-state index in [4.69, 9.17) is 5.73 Å². The first-order chi connectivity index (χ1) is 9.74. The lowest BCUT2D eigenvalue weighted by molar-refractivity contribution is 0.530. The van der Waals surface area contributed by atoms with Gasteiger partial charge < -0.3 is 11.1 Å². The van der Waals surface area contributed by atoms with Crippen LogP contribution in [0.15, 0.2) is 29.3 Å². The predicted molar refractivity (Wildman–Crippen MR) is 96.6 cm³/mol. The molecule has 3 N–H and O–H groups in total. The van der Waals surface area contributed by atoms with Gasteiger partial charge in [0.05, 0.1) is 0 Å². The molecule has 3 nitrogen and oxygen atoms in total. The second kappa shape index (κ2) is 9.97. The summed E-state index contributed by atoms with van der Waals surface area (Å²) in [5, 5.41) is 3.31. The molecule has 0 heterocycles. The van der Waals surface area contributed by atoms with Crippen molar-refractivity contribution in [2.45, 2.75) is 51.0 Å². The van der Waals surface area contributed by atoms with E-state index in [-0.39, 0.29) is 29.8 Å². The minimum Gasteiger partial charge on any atom is -0.370 e. The van der Waals surface area contributed by atoms with Crippen molar-refractivity contribution in [2.75, 3.05) is 6.54 Å². The number of nitrogens with one attached hydrogen (secondary N) is 1. The molecular formula is C16H25FIN3. The third-order valence-corrected chi connectivity index (χ3v) is 3.78. The number of benzene rings is 1. The summed E-state index contributed by atoms with van der Waals surface area (Å²) in [6.07, 6.45) is 8.27. The SMILES string of the molecule is I.NC(=NCCc1cccc(F)c1)NC1CCCCCC1. The summed E-state index contributed by atoms with van der Waals surface area (Å²) in [4.78, 5) is 4.33. The van der Waals surface area contributed by atoms with E-state index in [0.717, 1.165) is 5.56 Å². The van der Waals surface area contributed by atoms with E-state index in [1.165, 1.54) is 44.6 Å². The Morgan fingerprint density at radius 1 is 1.24 bits per heavy atom. The molecule has 0 atom stereocenters. The quantitative estimate of drug-likeness (QED) is 0.348. The molecule has 1 aliphatic carbocycles. The fourth-order valence-corrected chi connectivity index (χ4v) is 2.68. The number of nitrogens with zero attached hydrogens (tertiary/aromatic N) is 1. The van der Waals surface area contributed by atoms with Gasteiger partial charge in [-0.25, -0.2) is 4.39 Å². The highest BCUT2D eigenvalue weighted by Crippen LogP contribution is 2.16. The minimum atomic E-state index is -0.198. The van der Waals surface area contributed by atoms with Gasteiger partial charge in [0.25, 0.3) is 0 Å². The van der Waals surface area contributed by atoms with Crippen LogP contribution in [-0.4, -0.2) is 18.5 Å². The van der Waals surface area contributed by atoms with Crippen LogP contribution >= 0.6 is 24.0 Å². The molecule has 0 saturated heterocycles. The van der Waals surface area contributed by atoms with Crippen LogP contribution in [0.4, 0.5) is 4.39 Å². The number of hydrogen-bond donors (Lipinski definition) is 2. The van der Waals surface area contributed by atoms with Crippen LogP contribution in [0.3, 0.4) is 0 Å². The van der Waals surface area contributed by atoms with E-state index in [1.807, 2.05) is 6.07 Å². The summed E-state index contributed by atoms with van der Waals surface area (Å²) >= 11 is 0. The average molecular weight is 405 g/mol. The van der Waals surface area contributed by atoms with Crippen LogP contribution in [-0.2, 0) is 6.42 Å². The molecule has 21 heavy (non-hydrogen) atoms. The molecule has 118 valence electrons. The Hall–Kier alpha value is -0.850. The van der Waals surface area contributed by atoms with Crippen molar-refractivity contribution in [3.05, 3.63) is 35.6 Å². The third kappa shape index (κ3) is 7.11. The highest BCUT2D eigenvalue weighted by Gasteiger charge is 2.11. The number of halogens is 2. The van der Waals surface area contributed by atoms with E-state index >= 15 is 0 Å². The number of guanidine groups is 1. The van der Waals surface area contributed by atoms with Crippen molar-refractivity contribution in [3.63, 3.8) is 0 Å². The van der Waals surface area contributed by atoms with Crippen LogP contribution in [0.5, 0.6) is 0 Å². The Labute approximate surface area is 143 Å². The third-order valence-electron chi connectivity index (χ3n) is 3.78. The largest absolute Gasteiger partial charge is 0.370 e. The van der Waals surface area contributed by atoms with Crippen molar-refractivity contribution in [3.8, 4) is 0 Å². The molecule has 2 rings (SSSR count). The molecule has 1 saturated carbocycles. The molecule has 0 unspecified atom stereocenters. The maximum atomic E-state index is 13.0. The van der Waals surface area contributed by atoms with Crippen LogP contribution in [0.25, 0.3) is 0 Å². The summed E-state index contributed by atoms with van der Waals surface area (Å²) < 4.78 is 13.0. The smallest absolute Gasteiger partial charge is 0.188 e. The molecule has 1 aliphatic rings. The standard InChI is InChI=1S/C16H24FN3.HI/c17-14-7-5-6-13(12-14)10-11-19-16(18)20-15-8-3-1-2-4-9-15;/h5-7,12,15H,1-4,8-11H2,(H3,18,19,20);1H. The summed E-state index contributed by atoms with van der Waals surface area (Å²) in [5.41, 5.74) is 6.87. The number of nitrogens with two attached hydrogens (primary N) is 1. The molecule has 1 aromatic rings. The van der Waals surface area contributed by atoms with Gasteiger partial charge in [0, 0.05) is 12.6 Å². The van der Waals surface area contributed by atoms with Gasteiger partial charge in [-0.1, -0.05) is 37.8 Å². The Bertz CT molecular complexity index is 443. The molecule has 1 aromatic carbocycles. The molecular weight excluding hydrogens is 380 g/mol. The second-order valence-electron chi connectivity index (χ2n) is 5.48. The zero-order valence-corrected chi connectivity index (χ0v) is 14.7. The van der Waals surface area contributed by atoms with Gasteiger partial charge in [-0.3, -0.25) is 4.99 Å². The lowest BCUT2D eigenvalue weighted by Crippen LogP contribution is -2.40. The van der Waals surface area contributed by atoms with Crippen molar-refractivity contribution in [1.29, 1.82) is 0 Å². The zero-order valence-electron chi connectivity index (χ0n) is 12.4. The van der Waals surface area contributed by atoms with E-state index in [1.54, 1.807) is 12.1 Å². The Morgan fingerprint density at radius 3 is 2.62 bits per heavy atom. The highest BCUT2D eigenvalue weighted by molar-refractivity contribution is 14.0. The Kier molecular flexibility index (Phi) is 8.64. The number of hydrogen-bond acceptors (Lipinski definition) is 1. The summed E-state index contributed by atoms with van der Waals surface area (Å²) in [7, 11) is 0. The van der Waals surface area contributed by atoms with Gasteiger partial charge in [-0.05, 0) is 37.0 Å². The predicted octanol–water partition coefficient (Wildman–Crippen LogP) is 3.61. The van der Waals surface area contributed by atoms with Crippen molar-refractivity contribution in [1.82, 2.24) is 5.32 Å². The lowest BCUT2D eigenvalue weighted by Gasteiger charge is -2.16. The monoisotopic (exact) mass is 405 g/mol. The van der Waals surface area contributed by atoms with Crippen LogP contribution in [0, 0.1) is 5.82 Å². The first-order valence-corrected chi connectivity index (χ1v) is 7.55. The molecule has 5 heteroatoms. The lowest BCUT2D eigenvalue weighted by atomic mass is 10.1. The molecule has 0 amide bonds.